The number of hydrogen-bond acceptors (Lipinski definition) is 5. The molecule has 0 saturated carbocycles. The Bertz CT molecular complexity index is 664. The zero-order chi connectivity index (χ0) is 13.3. The molecule has 2 heterocycles. The number of nitrogens with zero attached hydrogens (tertiary/aromatic N) is 3. The number of aryl methyl sites for hydroxylation is 1. The normalized spacial score (nSPS) is 11.4. The van der Waals surface area contributed by atoms with Crippen molar-refractivity contribution < 1.29 is 8.42 Å². The van der Waals surface area contributed by atoms with Gasteiger partial charge in [-0.25, -0.2) is 8.42 Å². The Morgan fingerprint density at radius 3 is 2.67 bits per heavy atom. The first-order valence-corrected chi connectivity index (χ1v) is 6.57. The lowest BCUT2D eigenvalue weighted by atomic mass is 10.3. The molecule has 0 aromatic carbocycles. The highest BCUT2D eigenvalue weighted by molar-refractivity contribution is 7.92. The Hall–Kier alpha value is -2.09. The number of nitrogens with one attached hydrogen (secondary N) is 1. The van der Waals surface area contributed by atoms with Crippen LogP contribution in [0, 0.1) is 6.92 Å². The van der Waals surface area contributed by atoms with Crippen molar-refractivity contribution in [2.45, 2.75) is 11.8 Å². The van der Waals surface area contributed by atoms with Crippen LogP contribution in [0.1, 0.15) is 5.69 Å². The van der Waals surface area contributed by atoms with Crippen LogP contribution in [0.25, 0.3) is 0 Å². The highest BCUT2D eigenvalue weighted by Gasteiger charge is 2.25. The summed E-state index contributed by atoms with van der Waals surface area (Å²) in [5, 5.41) is 6.31. The zero-order valence-corrected chi connectivity index (χ0v) is 10.8. The van der Waals surface area contributed by atoms with Crippen LogP contribution >= 0.6 is 0 Å². The van der Waals surface area contributed by atoms with E-state index in [0.717, 1.165) is 4.31 Å². The summed E-state index contributed by atoms with van der Waals surface area (Å²) in [6, 6.07) is 1.54. The summed E-state index contributed by atoms with van der Waals surface area (Å²) >= 11 is 0. The molecule has 2 aromatic heterocycles. The van der Waals surface area contributed by atoms with E-state index in [9.17, 15) is 8.42 Å². The lowest BCUT2D eigenvalue weighted by Gasteiger charge is -2.20. The van der Waals surface area contributed by atoms with Crippen molar-refractivity contribution in [2.24, 2.45) is 0 Å². The van der Waals surface area contributed by atoms with Crippen molar-refractivity contribution in [2.75, 3.05) is 17.1 Å². The lowest BCUT2D eigenvalue weighted by Crippen LogP contribution is -2.27. The summed E-state index contributed by atoms with van der Waals surface area (Å²) in [5.41, 5.74) is 6.87. The van der Waals surface area contributed by atoms with Gasteiger partial charge in [0, 0.05) is 13.2 Å². The minimum absolute atomic E-state index is 0.126. The van der Waals surface area contributed by atoms with Gasteiger partial charge in [0.2, 0.25) is 0 Å². The van der Waals surface area contributed by atoms with E-state index in [0.29, 0.717) is 17.1 Å². The molecule has 0 bridgehead atoms. The minimum atomic E-state index is -3.67. The van der Waals surface area contributed by atoms with Crippen LogP contribution in [0.3, 0.4) is 0 Å². The van der Waals surface area contributed by atoms with Crippen LogP contribution < -0.4 is 10.0 Å². The summed E-state index contributed by atoms with van der Waals surface area (Å²) in [7, 11) is -2.23. The number of rotatable bonds is 3. The Labute approximate surface area is 105 Å². The molecule has 0 amide bonds. The van der Waals surface area contributed by atoms with Gasteiger partial charge in [-0.15, -0.1) is 0 Å². The molecular weight excluding hydrogens is 254 g/mol. The van der Waals surface area contributed by atoms with E-state index >= 15 is 0 Å². The first-order valence-electron chi connectivity index (χ1n) is 5.13. The number of hydrogen-bond donors (Lipinski definition) is 2. The average Bonchev–Trinajstić information content (AvgIpc) is 2.76. The summed E-state index contributed by atoms with van der Waals surface area (Å²) in [6.07, 6.45) is 4.17. The number of aromatic amines is 1. The second-order valence-corrected chi connectivity index (χ2v) is 5.70. The maximum absolute atomic E-state index is 12.4. The molecule has 0 fully saturated rings. The van der Waals surface area contributed by atoms with E-state index in [2.05, 4.69) is 15.2 Å². The molecule has 8 heteroatoms. The summed E-state index contributed by atoms with van der Waals surface area (Å²) in [6.45, 7) is 1.64. The summed E-state index contributed by atoms with van der Waals surface area (Å²) in [5.74, 6) is 0. The van der Waals surface area contributed by atoms with Crippen molar-refractivity contribution in [1.29, 1.82) is 0 Å². The van der Waals surface area contributed by atoms with Crippen molar-refractivity contribution in [3.05, 3.63) is 30.4 Å². The van der Waals surface area contributed by atoms with E-state index in [4.69, 9.17) is 5.73 Å². The molecule has 0 spiro atoms. The molecule has 2 aromatic rings. The quantitative estimate of drug-likeness (QED) is 0.843. The lowest BCUT2D eigenvalue weighted by molar-refractivity contribution is 0.594. The van der Waals surface area contributed by atoms with Crippen LogP contribution in [0.4, 0.5) is 11.4 Å². The predicted octanol–water partition coefficient (Wildman–Crippen LogP) is 0.520. The standard InChI is InChI=1S/C10H13N5O2S/c1-7-10(6-13-14-7)18(16,17)15(2)9-3-4-12-5-8(9)11/h3-6H,11H2,1-2H3,(H,13,14). The topological polar surface area (TPSA) is 105 Å². The fourth-order valence-corrected chi connectivity index (χ4v) is 2.90. The first-order chi connectivity index (χ1) is 8.44. The summed E-state index contributed by atoms with van der Waals surface area (Å²) in [4.78, 5) is 3.95. The molecule has 2 rings (SSSR count). The Balaban J connectivity index is 2.50. The molecule has 0 aliphatic rings. The van der Waals surface area contributed by atoms with Crippen LogP contribution in [0.15, 0.2) is 29.6 Å². The fourth-order valence-electron chi connectivity index (χ4n) is 1.56. The average molecular weight is 267 g/mol. The van der Waals surface area contributed by atoms with Gasteiger partial charge in [0.15, 0.2) is 0 Å². The van der Waals surface area contributed by atoms with Crippen LogP contribution in [-0.2, 0) is 10.0 Å². The monoisotopic (exact) mass is 267 g/mol. The van der Waals surface area contributed by atoms with Crippen LogP contribution in [-0.4, -0.2) is 30.6 Å². The smallest absolute Gasteiger partial charge is 0.267 e. The van der Waals surface area contributed by atoms with E-state index < -0.39 is 10.0 Å². The van der Waals surface area contributed by atoms with Crippen molar-refractivity contribution in [3.8, 4) is 0 Å². The maximum atomic E-state index is 12.4. The first kappa shape index (κ1) is 12.4. The molecule has 96 valence electrons. The molecular formula is C10H13N5O2S. The molecule has 0 aliphatic heterocycles. The Morgan fingerprint density at radius 2 is 2.11 bits per heavy atom. The highest BCUT2D eigenvalue weighted by Crippen LogP contribution is 2.26. The number of anilines is 2. The van der Waals surface area contributed by atoms with E-state index in [1.165, 1.54) is 25.6 Å². The van der Waals surface area contributed by atoms with E-state index in [-0.39, 0.29) is 4.90 Å². The molecule has 0 saturated heterocycles. The van der Waals surface area contributed by atoms with E-state index in [1.807, 2.05) is 0 Å². The van der Waals surface area contributed by atoms with Gasteiger partial charge in [0.1, 0.15) is 4.90 Å². The van der Waals surface area contributed by atoms with Gasteiger partial charge >= 0.3 is 0 Å². The number of nitrogen functional groups attached to an aromatic ring is 1. The van der Waals surface area contributed by atoms with Crippen LogP contribution in [0.2, 0.25) is 0 Å². The zero-order valence-electron chi connectivity index (χ0n) is 9.95. The van der Waals surface area contributed by atoms with Crippen molar-refractivity contribution in [1.82, 2.24) is 15.2 Å². The second-order valence-electron chi connectivity index (χ2n) is 3.77. The van der Waals surface area contributed by atoms with Gasteiger partial charge in [-0.05, 0) is 13.0 Å². The molecule has 0 radical (unpaired) electrons. The second kappa shape index (κ2) is 4.30. The largest absolute Gasteiger partial charge is 0.396 e. The number of nitrogens with two attached hydrogens (primary N) is 1. The van der Waals surface area contributed by atoms with Gasteiger partial charge in [0.05, 0.1) is 29.5 Å². The van der Waals surface area contributed by atoms with E-state index in [1.54, 1.807) is 13.0 Å². The van der Waals surface area contributed by atoms with Crippen molar-refractivity contribution in [3.63, 3.8) is 0 Å². The maximum Gasteiger partial charge on any atom is 0.267 e. The molecule has 0 atom stereocenters. The number of sulfonamides is 1. The third-order valence-electron chi connectivity index (χ3n) is 2.59. The molecule has 7 nitrogen and oxygen atoms in total. The van der Waals surface area contributed by atoms with Gasteiger partial charge in [-0.2, -0.15) is 5.10 Å². The third-order valence-corrected chi connectivity index (χ3v) is 4.47. The SMILES string of the molecule is Cc1[nH]ncc1S(=O)(=O)N(C)c1ccncc1N. The molecule has 18 heavy (non-hydrogen) atoms. The fraction of sp³-hybridized carbons (Fsp3) is 0.200. The molecule has 3 N–H and O–H groups in total. The Kier molecular flexibility index (Phi) is 2.95. The highest BCUT2D eigenvalue weighted by atomic mass is 32.2. The van der Waals surface area contributed by atoms with Crippen LogP contribution in [0.5, 0.6) is 0 Å². The third kappa shape index (κ3) is 1.90. The molecule has 0 unspecified atom stereocenters. The number of pyridine rings is 1. The van der Waals surface area contributed by atoms with Gasteiger partial charge in [0.25, 0.3) is 10.0 Å². The number of H-pyrrole nitrogens is 1. The minimum Gasteiger partial charge on any atom is -0.396 e. The predicted molar refractivity (Wildman–Crippen MR) is 67.6 cm³/mol. The summed E-state index contributed by atoms with van der Waals surface area (Å²) < 4.78 is 25.8. The Morgan fingerprint density at radius 1 is 1.39 bits per heavy atom. The van der Waals surface area contributed by atoms with Gasteiger partial charge in [-0.1, -0.05) is 0 Å². The van der Waals surface area contributed by atoms with Gasteiger partial charge in [-0.3, -0.25) is 14.4 Å². The number of aromatic nitrogens is 3. The van der Waals surface area contributed by atoms with Crippen molar-refractivity contribution >= 4 is 21.4 Å². The molecule has 0 aliphatic carbocycles. The van der Waals surface area contributed by atoms with Gasteiger partial charge < -0.3 is 5.73 Å².